The average molecular weight is 299 g/mol. The molecule has 3 aromatic rings. The molecule has 0 amide bonds. The van der Waals surface area contributed by atoms with Gasteiger partial charge in [-0.2, -0.15) is 0 Å². The molecule has 21 heavy (non-hydrogen) atoms. The molecule has 5 heteroatoms. The van der Waals surface area contributed by atoms with Crippen molar-refractivity contribution >= 4 is 11.6 Å². The summed E-state index contributed by atoms with van der Waals surface area (Å²) < 4.78 is 1.78. The SMILES string of the molecule is Cc1ccc(-c2c(CN)nnn2-c2cccc(Cl)c2)cc1. The van der Waals surface area contributed by atoms with E-state index in [9.17, 15) is 0 Å². The molecule has 1 aromatic heterocycles. The van der Waals surface area contributed by atoms with E-state index < -0.39 is 0 Å². The summed E-state index contributed by atoms with van der Waals surface area (Å²) in [6.45, 7) is 2.39. The molecule has 0 spiro atoms. The molecule has 3 rings (SSSR count). The summed E-state index contributed by atoms with van der Waals surface area (Å²) in [5, 5.41) is 9.07. The van der Waals surface area contributed by atoms with Crippen LogP contribution >= 0.6 is 11.6 Å². The van der Waals surface area contributed by atoms with E-state index in [1.165, 1.54) is 5.56 Å². The van der Waals surface area contributed by atoms with Gasteiger partial charge < -0.3 is 5.73 Å². The zero-order chi connectivity index (χ0) is 14.8. The molecule has 2 N–H and O–H groups in total. The molecule has 0 aliphatic carbocycles. The predicted molar refractivity (Wildman–Crippen MR) is 84.4 cm³/mol. The standard InChI is InChI=1S/C16H15ClN4/c1-11-5-7-12(8-6-11)16-15(10-18)19-20-21(16)14-4-2-3-13(17)9-14/h2-9H,10,18H2,1H3. The van der Waals surface area contributed by atoms with Crippen LogP contribution < -0.4 is 5.73 Å². The first-order valence-corrected chi connectivity index (χ1v) is 7.04. The fraction of sp³-hybridized carbons (Fsp3) is 0.125. The Kier molecular flexibility index (Phi) is 3.73. The molecular formula is C16H15ClN4. The first kappa shape index (κ1) is 13.8. The molecular weight excluding hydrogens is 284 g/mol. The Labute approximate surface area is 128 Å². The van der Waals surface area contributed by atoms with Gasteiger partial charge in [0.1, 0.15) is 5.69 Å². The Balaban J connectivity index is 2.19. The van der Waals surface area contributed by atoms with Crippen molar-refractivity contribution in [2.45, 2.75) is 13.5 Å². The van der Waals surface area contributed by atoms with Crippen LogP contribution in [0.3, 0.4) is 0 Å². The highest BCUT2D eigenvalue weighted by molar-refractivity contribution is 6.30. The maximum Gasteiger partial charge on any atom is 0.105 e. The quantitative estimate of drug-likeness (QED) is 0.806. The van der Waals surface area contributed by atoms with Crippen molar-refractivity contribution in [3.05, 3.63) is 64.8 Å². The summed E-state index contributed by atoms with van der Waals surface area (Å²) in [6.07, 6.45) is 0. The second-order valence-electron chi connectivity index (χ2n) is 4.85. The zero-order valence-electron chi connectivity index (χ0n) is 11.6. The maximum atomic E-state index is 6.07. The summed E-state index contributed by atoms with van der Waals surface area (Å²) in [4.78, 5) is 0. The molecule has 0 fully saturated rings. The van der Waals surface area contributed by atoms with Crippen LogP contribution in [0.15, 0.2) is 48.5 Å². The minimum absolute atomic E-state index is 0.337. The minimum Gasteiger partial charge on any atom is -0.325 e. The van der Waals surface area contributed by atoms with Crippen molar-refractivity contribution in [2.75, 3.05) is 0 Å². The number of nitrogens with zero attached hydrogens (tertiary/aromatic N) is 3. The van der Waals surface area contributed by atoms with Crippen LogP contribution in [0.5, 0.6) is 0 Å². The number of aryl methyl sites for hydroxylation is 1. The highest BCUT2D eigenvalue weighted by atomic mass is 35.5. The Hall–Kier alpha value is -2.17. The van der Waals surface area contributed by atoms with Gasteiger partial charge in [0.05, 0.1) is 11.4 Å². The number of hydrogen-bond donors (Lipinski definition) is 1. The van der Waals surface area contributed by atoms with Crippen molar-refractivity contribution in [1.29, 1.82) is 0 Å². The van der Waals surface area contributed by atoms with Gasteiger partial charge in [-0.25, -0.2) is 4.68 Å². The molecule has 0 bridgehead atoms. The summed E-state index contributed by atoms with van der Waals surface area (Å²) in [5.41, 5.74) is 10.6. The van der Waals surface area contributed by atoms with Crippen molar-refractivity contribution in [3.63, 3.8) is 0 Å². The number of nitrogens with two attached hydrogens (primary N) is 1. The maximum absolute atomic E-state index is 6.07. The molecule has 0 atom stereocenters. The largest absolute Gasteiger partial charge is 0.325 e. The molecule has 4 nitrogen and oxygen atoms in total. The normalized spacial score (nSPS) is 10.8. The fourth-order valence-electron chi connectivity index (χ4n) is 2.24. The molecule has 0 saturated heterocycles. The summed E-state index contributed by atoms with van der Waals surface area (Å²) >= 11 is 6.07. The van der Waals surface area contributed by atoms with Crippen molar-refractivity contribution in [1.82, 2.24) is 15.0 Å². The van der Waals surface area contributed by atoms with Crippen LogP contribution in [0.2, 0.25) is 5.02 Å². The van der Waals surface area contributed by atoms with E-state index in [-0.39, 0.29) is 0 Å². The summed E-state index contributed by atoms with van der Waals surface area (Å²) in [7, 11) is 0. The van der Waals surface area contributed by atoms with Gasteiger partial charge in [0.2, 0.25) is 0 Å². The predicted octanol–water partition coefficient (Wildman–Crippen LogP) is 3.35. The van der Waals surface area contributed by atoms with Gasteiger partial charge in [-0.05, 0) is 25.1 Å². The van der Waals surface area contributed by atoms with E-state index >= 15 is 0 Å². The molecule has 0 saturated carbocycles. The number of benzene rings is 2. The Morgan fingerprint density at radius 1 is 1.14 bits per heavy atom. The lowest BCUT2D eigenvalue weighted by atomic mass is 10.1. The van der Waals surface area contributed by atoms with Gasteiger partial charge in [0, 0.05) is 17.1 Å². The molecule has 106 valence electrons. The van der Waals surface area contributed by atoms with E-state index in [4.69, 9.17) is 17.3 Å². The van der Waals surface area contributed by atoms with Gasteiger partial charge >= 0.3 is 0 Å². The molecule has 0 aliphatic rings. The lowest BCUT2D eigenvalue weighted by molar-refractivity contribution is 0.800. The molecule has 0 unspecified atom stereocenters. The second-order valence-corrected chi connectivity index (χ2v) is 5.28. The summed E-state index contributed by atoms with van der Waals surface area (Å²) in [6, 6.07) is 15.7. The third-order valence-electron chi connectivity index (χ3n) is 3.31. The molecule has 0 aliphatic heterocycles. The Bertz CT molecular complexity index is 762. The van der Waals surface area contributed by atoms with E-state index in [0.29, 0.717) is 11.6 Å². The molecule has 0 radical (unpaired) electrons. The zero-order valence-corrected chi connectivity index (χ0v) is 12.4. The van der Waals surface area contributed by atoms with Crippen LogP contribution in [-0.2, 0) is 6.54 Å². The Morgan fingerprint density at radius 3 is 2.57 bits per heavy atom. The van der Waals surface area contributed by atoms with E-state index in [1.807, 2.05) is 36.4 Å². The van der Waals surface area contributed by atoms with Crippen LogP contribution in [0, 0.1) is 6.92 Å². The monoisotopic (exact) mass is 298 g/mol. The molecule has 2 aromatic carbocycles. The van der Waals surface area contributed by atoms with Crippen molar-refractivity contribution in [3.8, 4) is 16.9 Å². The van der Waals surface area contributed by atoms with Crippen molar-refractivity contribution in [2.24, 2.45) is 5.73 Å². The lowest BCUT2D eigenvalue weighted by Gasteiger charge is -2.08. The molecule has 1 heterocycles. The smallest absolute Gasteiger partial charge is 0.105 e. The second kappa shape index (κ2) is 5.68. The van der Waals surface area contributed by atoms with Crippen molar-refractivity contribution < 1.29 is 0 Å². The number of rotatable bonds is 3. The van der Waals surface area contributed by atoms with Crippen LogP contribution in [0.1, 0.15) is 11.3 Å². The first-order chi connectivity index (χ1) is 10.2. The average Bonchev–Trinajstić information content (AvgIpc) is 2.92. The van der Waals surface area contributed by atoms with Gasteiger partial charge in [0.25, 0.3) is 0 Å². The fourth-order valence-corrected chi connectivity index (χ4v) is 2.42. The first-order valence-electron chi connectivity index (χ1n) is 6.66. The van der Waals surface area contributed by atoms with Gasteiger partial charge in [-0.15, -0.1) is 5.10 Å². The summed E-state index contributed by atoms with van der Waals surface area (Å²) in [5.74, 6) is 0. The third-order valence-corrected chi connectivity index (χ3v) is 3.55. The van der Waals surface area contributed by atoms with E-state index in [0.717, 1.165) is 22.6 Å². The number of hydrogen-bond acceptors (Lipinski definition) is 3. The highest BCUT2D eigenvalue weighted by Gasteiger charge is 2.15. The van der Waals surface area contributed by atoms with Gasteiger partial charge in [-0.3, -0.25) is 0 Å². The lowest BCUT2D eigenvalue weighted by Crippen LogP contribution is -2.02. The van der Waals surface area contributed by atoms with Crippen LogP contribution in [0.25, 0.3) is 16.9 Å². The van der Waals surface area contributed by atoms with Crippen LogP contribution in [0.4, 0.5) is 0 Å². The number of aromatic nitrogens is 3. The van der Waals surface area contributed by atoms with Gasteiger partial charge in [-0.1, -0.05) is 52.7 Å². The van der Waals surface area contributed by atoms with E-state index in [1.54, 1.807) is 4.68 Å². The third kappa shape index (κ3) is 2.68. The highest BCUT2D eigenvalue weighted by Crippen LogP contribution is 2.26. The van der Waals surface area contributed by atoms with Gasteiger partial charge in [0.15, 0.2) is 0 Å². The number of halogens is 1. The topological polar surface area (TPSA) is 56.7 Å². The Morgan fingerprint density at radius 2 is 1.90 bits per heavy atom. The van der Waals surface area contributed by atoms with E-state index in [2.05, 4.69) is 29.4 Å². The minimum atomic E-state index is 0.337. The van der Waals surface area contributed by atoms with Crippen LogP contribution in [-0.4, -0.2) is 15.0 Å².